The van der Waals surface area contributed by atoms with E-state index in [0.29, 0.717) is 23.3 Å². The Balaban J connectivity index is 1.70. The van der Waals surface area contributed by atoms with Crippen molar-refractivity contribution in [3.05, 3.63) is 84.0 Å². The monoisotopic (exact) mass is 376 g/mol. The van der Waals surface area contributed by atoms with Crippen LogP contribution in [0.2, 0.25) is 0 Å². The molecule has 0 aliphatic heterocycles. The first-order chi connectivity index (χ1) is 13.3. The van der Waals surface area contributed by atoms with Crippen LogP contribution in [0.4, 0.5) is 4.39 Å². The number of rotatable bonds is 4. The molecule has 0 aromatic carbocycles. The highest BCUT2D eigenvalue weighted by Gasteiger charge is 2.15. The lowest BCUT2D eigenvalue weighted by molar-refractivity contribution is 0.519. The number of hydrogen-bond acceptors (Lipinski definition) is 5. The fraction of sp³-hybridized carbons (Fsp3) is 0.0500. The van der Waals surface area contributed by atoms with Gasteiger partial charge in [0.05, 0.1) is 22.5 Å². The van der Waals surface area contributed by atoms with E-state index in [1.165, 1.54) is 12.3 Å². The Morgan fingerprint density at radius 3 is 2.85 bits per heavy atom. The van der Waals surface area contributed by atoms with Gasteiger partial charge in [0.25, 0.3) is 0 Å². The standard InChI is InChI=1S/C20H13FN4OS/c21-18-9-13(5-6-22-18)19-20-23-14(10-15-3-1-7-26-15)11-25(20)12-16(24-19)17-4-2-8-27-17/h1-9,11-12H,10H2. The molecule has 0 saturated carbocycles. The van der Waals surface area contributed by atoms with Gasteiger partial charge >= 0.3 is 0 Å². The van der Waals surface area contributed by atoms with E-state index in [9.17, 15) is 4.39 Å². The first-order valence-corrected chi connectivity index (χ1v) is 9.21. The number of furan rings is 1. The van der Waals surface area contributed by atoms with Gasteiger partial charge in [-0.1, -0.05) is 6.07 Å². The van der Waals surface area contributed by atoms with Crippen LogP contribution in [0.5, 0.6) is 0 Å². The van der Waals surface area contributed by atoms with Crippen LogP contribution in [0.25, 0.3) is 27.5 Å². The Kier molecular flexibility index (Phi) is 3.79. The maximum absolute atomic E-state index is 13.7. The van der Waals surface area contributed by atoms with Crippen molar-refractivity contribution in [2.75, 3.05) is 0 Å². The summed E-state index contributed by atoms with van der Waals surface area (Å²) in [5.41, 5.74) is 3.59. The van der Waals surface area contributed by atoms with E-state index in [0.717, 1.165) is 22.0 Å². The van der Waals surface area contributed by atoms with E-state index in [-0.39, 0.29) is 0 Å². The minimum absolute atomic E-state index is 0.545. The first-order valence-electron chi connectivity index (χ1n) is 8.33. The lowest BCUT2D eigenvalue weighted by Crippen LogP contribution is -1.96. The molecule has 0 aliphatic rings. The summed E-state index contributed by atoms with van der Waals surface area (Å²) < 4.78 is 21.1. The van der Waals surface area contributed by atoms with Crippen LogP contribution in [0, 0.1) is 5.95 Å². The number of halogens is 1. The molecule has 0 atom stereocenters. The lowest BCUT2D eigenvalue weighted by Gasteiger charge is -2.06. The SMILES string of the molecule is Fc1cc(-c2nc(-c3cccs3)cn3cc(Cc4ccco4)nc23)ccn1. The van der Waals surface area contributed by atoms with Crippen molar-refractivity contribution in [3.8, 4) is 21.8 Å². The van der Waals surface area contributed by atoms with Crippen LogP contribution in [0.3, 0.4) is 0 Å². The van der Waals surface area contributed by atoms with Crippen molar-refractivity contribution >= 4 is 17.0 Å². The molecular weight excluding hydrogens is 363 g/mol. The zero-order chi connectivity index (χ0) is 18.2. The molecule has 27 heavy (non-hydrogen) atoms. The summed E-state index contributed by atoms with van der Waals surface area (Å²) in [6, 6.07) is 10.9. The Morgan fingerprint density at radius 1 is 1.11 bits per heavy atom. The number of fused-ring (bicyclic) bond motifs is 1. The number of hydrogen-bond donors (Lipinski definition) is 0. The number of nitrogens with zero attached hydrogens (tertiary/aromatic N) is 4. The molecule has 0 N–H and O–H groups in total. The fourth-order valence-corrected chi connectivity index (χ4v) is 3.69. The highest BCUT2D eigenvalue weighted by atomic mass is 32.1. The average Bonchev–Trinajstić information content (AvgIpc) is 3.42. The molecule has 0 fully saturated rings. The Morgan fingerprint density at radius 2 is 2.07 bits per heavy atom. The lowest BCUT2D eigenvalue weighted by atomic mass is 10.2. The molecule has 5 heterocycles. The summed E-state index contributed by atoms with van der Waals surface area (Å²) in [4.78, 5) is 14.2. The maximum atomic E-state index is 13.7. The second-order valence-corrected chi connectivity index (χ2v) is 6.99. The molecule has 7 heteroatoms. The number of pyridine rings is 1. The molecule has 0 spiro atoms. The summed E-state index contributed by atoms with van der Waals surface area (Å²) in [5, 5.41) is 2.00. The van der Waals surface area contributed by atoms with Crippen LogP contribution in [-0.2, 0) is 6.42 Å². The minimum Gasteiger partial charge on any atom is -0.469 e. The van der Waals surface area contributed by atoms with E-state index in [2.05, 4.69) is 4.98 Å². The molecule has 0 unspecified atom stereocenters. The van der Waals surface area contributed by atoms with E-state index in [4.69, 9.17) is 14.4 Å². The zero-order valence-electron chi connectivity index (χ0n) is 14.0. The summed E-state index contributed by atoms with van der Waals surface area (Å²) in [7, 11) is 0. The molecule has 0 saturated heterocycles. The Labute approximate surface area is 157 Å². The normalized spacial score (nSPS) is 11.3. The van der Waals surface area contributed by atoms with Crippen molar-refractivity contribution in [2.45, 2.75) is 6.42 Å². The third-order valence-electron chi connectivity index (χ3n) is 4.20. The van der Waals surface area contributed by atoms with E-state index < -0.39 is 5.95 Å². The Hall–Kier alpha value is -3.32. The van der Waals surface area contributed by atoms with Crippen LogP contribution in [-0.4, -0.2) is 19.4 Å². The van der Waals surface area contributed by atoms with Crippen molar-refractivity contribution < 1.29 is 8.81 Å². The second-order valence-electron chi connectivity index (χ2n) is 6.04. The van der Waals surface area contributed by atoms with Crippen molar-refractivity contribution in [1.82, 2.24) is 19.4 Å². The van der Waals surface area contributed by atoms with Gasteiger partial charge in [-0.15, -0.1) is 11.3 Å². The minimum atomic E-state index is -0.545. The topological polar surface area (TPSA) is 56.2 Å². The van der Waals surface area contributed by atoms with Gasteiger partial charge in [0.1, 0.15) is 11.5 Å². The molecule has 5 nitrogen and oxygen atoms in total. The van der Waals surface area contributed by atoms with Crippen LogP contribution >= 0.6 is 11.3 Å². The van der Waals surface area contributed by atoms with Gasteiger partial charge in [-0.3, -0.25) is 0 Å². The van der Waals surface area contributed by atoms with Crippen LogP contribution in [0.15, 0.2) is 71.0 Å². The number of thiophene rings is 1. The molecule has 0 bridgehead atoms. The van der Waals surface area contributed by atoms with Gasteiger partial charge in [0.15, 0.2) is 5.65 Å². The fourth-order valence-electron chi connectivity index (χ4n) is 3.01. The first kappa shape index (κ1) is 15.9. The van der Waals surface area contributed by atoms with Gasteiger partial charge in [0.2, 0.25) is 5.95 Å². The molecular formula is C20H13FN4OS. The van der Waals surface area contributed by atoms with Gasteiger partial charge in [0, 0.05) is 36.6 Å². The quantitative estimate of drug-likeness (QED) is 0.421. The summed E-state index contributed by atoms with van der Waals surface area (Å²) in [6.45, 7) is 0. The average molecular weight is 376 g/mol. The highest BCUT2D eigenvalue weighted by Crippen LogP contribution is 2.29. The molecule has 132 valence electrons. The predicted molar refractivity (Wildman–Crippen MR) is 101 cm³/mol. The summed E-state index contributed by atoms with van der Waals surface area (Å²) >= 11 is 1.60. The maximum Gasteiger partial charge on any atom is 0.213 e. The largest absolute Gasteiger partial charge is 0.469 e. The van der Waals surface area contributed by atoms with Gasteiger partial charge in [-0.25, -0.2) is 15.0 Å². The van der Waals surface area contributed by atoms with Crippen molar-refractivity contribution in [3.63, 3.8) is 0 Å². The van der Waals surface area contributed by atoms with Crippen molar-refractivity contribution in [1.29, 1.82) is 0 Å². The number of imidazole rings is 1. The van der Waals surface area contributed by atoms with Crippen molar-refractivity contribution in [2.24, 2.45) is 0 Å². The summed E-state index contributed by atoms with van der Waals surface area (Å²) in [5.74, 6) is 0.290. The molecule has 0 radical (unpaired) electrons. The van der Waals surface area contributed by atoms with Gasteiger partial charge in [-0.05, 0) is 29.6 Å². The van der Waals surface area contributed by atoms with E-state index >= 15 is 0 Å². The molecule has 0 aliphatic carbocycles. The van der Waals surface area contributed by atoms with Gasteiger partial charge < -0.3 is 8.82 Å². The number of aromatic nitrogens is 4. The van der Waals surface area contributed by atoms with Crippen LogP contribution in [0.1, 0.15) is 11.5 Å². The highest BCUT2D eigenvalue weighted by molar-refractivity contribution is 7.13. The molecule has 5 rings (SSSR count). The third-order valence-corrected chi connectivity index (χ3v) is 5.09. The van der Waals surface area contributed by atoms with Crippen LogP contribution < -0.4 is 0 Å². The molecule has 5 aromatic heterocycles. The summed E-state index contributed by atoms with van der Waals surface area (Å²) in [6.07, 6.45) is 7.56. The van der Waals surface area contributed by atoms with Gasteiger partial charge in [-0.2, -0.15) is 4.39 Å². The zero-order valence-corrected chi connectivity index (χ0v) is 14.9. The molecule has 5 aromatic rings. The molecule has 0 amide bonds. The van der Waals surface area contributed by atoms with E-state index in [1.54, 1.807) is 23.7 Å². The third kappa shape index (κ3) is 3.02. The smallest absolute Gasteiger partial charge is 0.213 e. The second kappa shape index (κ2) is 6.44. The predicted octanol–water partition coefficient (Wildman–Crippen LogP) is 4.84. The van der Waals surface area contributed by atoms with E-state index in [1.807, 2.05) is 46.4 Å². The Bertz CT molecular complexity index is 1210.